The number of amides is 1. The number of hydrogen-bond donors (Lipinski definition) is 0. The predicted octanol–water partition coefficient (Wildman–Crippen LogP) is 5.04. The van der Waals surface area contributed by atoms with Crippen molar-refractivity contribution in [1.82, 2.24) is 4.90 Å². The van der Waals surface area contributed by atoms with E-state index in [-0.39, 0.29) is 5.91 Å². The Kier molecular flexibility index (Phi) is 4.18. The van der Waals surface area contributed by atoms with Gasteiger partial charge in [0.05, 0.1) is 4.88 Å². The van der Waals surface area contributed by atoms with Gasteiger partial charge in [-0.3, -0.25) is 4.79 Å². The molecule has 1 aromatic heterocycles. The third-order valence-electron chi connectivity index (χ3n) is 4.69. The fraction of sp³-hybridized carbons (Fsp3) is 0.190. The number of carbonyl (C=O) groups excluding carboxylic acids is 1. The third-order valence-corrected chi connectivity index (χ3v) is 5.59. The van der Waals surface area contributed by atoms with Gasteiger partial charge in [0.15, 0.2) is 0 Å². The molecule has 0 spiro atoms. The fourth-order valence-electron chi connectivity index (χ4n) is 3.41. The van der Waals surface area contributed by atoms with Gasteiger partial charge in [0.1, 0.15) is 0 Å². The summed E-state index contributed by atoms with van der Waals surface area (Å²) in [6.45, 7) is 1.65. The van der Waals surface area contributed by atoms with E-state index in [4.69, 9.17) is 0 Å². The smallest absolute Gasteiger partial charge is 0.264 e. The van der Waals surface area contributed by atoms with Crippen LogP contribution in [0, 0.1) is 0 Å². The molecule has 4 rings (SSSR count). The summed E-state index contributed by atoms with van der Waals surface area (Å²) in [7, 11) is 0. The summed E-state index contributed by atoms with van der Waals surface area (Å²) >= 11 is 1.55. The summed E-state index contributed by atoms with van der Waals surface area (Å²) in [6, 6.07) is 22.7. The zero-order chi connectivity index (χ0) is 16.4. The standard InChI is InChI=1S/C21H19NOS/c23-21(20-19(12-14-24-20)17-9-5-2-6-10-17)22-13-11-18(15-22)16-7-3-1-4-8-16/h1-10,12,14,18H,11,13,15H2. The van der Waals surface area contributed by atoms with Crippen LogP contribution < -0.4 is 0 Å². The van der Waals surface area contributed by atoms with Crippen LogP contribution in [0.1, 0.15) is 27.6 Å². The largest absolute Gasteiger partial charge is 0.337 e. The molecule has 1 aliphatic heterocycles. The van der Waals surface area contributed by atoms with Gasteiger partial charge in [0.25, 0.3) is 5.91 Å². The number of thiophene rings is 1. The van der Waals surface area contributed by atoms with E-state index in [0.717, 1.165) is 35.5 Å². The van der Waals surface area contributed by atoms with Gasteiger partial charge in [-0.1, -0.05) is 60.7 Å². The molecular weight excluding hydrogens is 314 g/mol. The zero-order valence-corrected chi connectivity index (χ0v) is 14.2. The molecule has 0 radical (unpaired) electrons. The Labute approximate surface area is 146 Å². The number of nitrogens with zero attached hydrogens (tertiary/aromatic N) is 1. The summed E-state index contributed by atoms with van der Waals surface area (Å²) < 4.78 is 0. The number of hydrogen-bond acceptors (Lipinski definition) is 2. The SMILES string of the molecule is O=C(c1sccc1-c1ccccc1)N1CCC(c2ccccc2)C1. The number of rotatable bonds is 3. The molecule has 1 unspecified atom stereocenters. The van der Waals surface area contributed by atoms with Crippen molar-refractivity contribution in [3.05, 3.63) is 82.6 Å². The lowest BCUT2D eigenvalue weighted by atomic mass is 9.99. The van der Waals surface area contributed by atoms with Crippen molar-refractivity contribution in [2.45, 2.75) is 12.3 Å². The molecule has 120 valence electrons. The van der Waals surface area contributed by atoms with Gasteiger partial charge < -0.3 is 4.90 Å². The van der Waals surface area contributed by atoms with Crippen molar-refractivity contribution < 1.29 is 4.79 Å². The summed E-state index contributed by atoms with van der Waals surface area (Å²) in [5.41, 5.74) is 3.50. The second-order valence-corrected chi connectivity index (χ2v) is 7.09. The van der Waals surface area contributed by atoms with E-state index in [9.17, 15) is 4.79 Å². The van der Waals surface area contributed by atoms with Gasteiger partial charge >= 0.3 is 0 Å². The fourth-order valence-corrected chi connectivity index (χ4v) is 4.29. The Morgan fingerprint density at radius 1 is 0.958 bits per heavy atom. The molecule has 3 heteroatoms. The van der Waals surface area contributed by atoms with Crippen LogP contribution in [-0.4, -0.2) is 23.9 Å². The van der Waals surface area contributed by atoms with E-state index < -0.39 is 0 Å². The van der Waals surface area contributed by atoms with Crippen LogP contribution >= 0.6 is 11.3 Å². The number of benzene rings is 2. The van der Waals surface area contributed by atoms with E-state index in [1.165, 1.54) is 5.56 Å². The minimum Gasteiger partial charge on any atom is -0.337 e. The molecule has 1 saturated heterocycles. The van der Waals surface area contributed by atoms with Crippen molar-refractivity contribution in [1.29, 1.82) is 0 Å². The Hall–Kier alpha value is -2.39. The zero-order valence-electron chi connectivity index (χ0n) is 13.4. The number of carbonyl (C=O) groups is 1. The van der Waals surface area contributed by atoms with E-state index in [1.807, 2.05) is 34.5 Å². The Balaban J connectivity index is 1.55. The highest BCUT2D eigenvalue weighted by atomic mass is 32.1. The monoisotopic (exact) mass is 333 g/mol. The van der Waals surface area contributed by atoms with E-state index in [1.54, 1.807) is 11.3 Å². The lowest BCUT2D eigenvalue weighted by Gasteiger charge is -2.17. The Morgan fingerprint density at radius 2 is 1.67 bits per heavy atom. The average Bonchev–Trinajstić information content (AvgIpc) is 3.32. The molecule has 1 fully saturated rings. The maximum Gasteiger partial charge on any atom is 0.264 e. The van der Waals surface area contributed by atoms with Crippen molar-refractivity contribution in [2.75, 3.05) is 13.1 Å². The van der Waals surface area contributed by atoms with E-state index >= 15 is 0 Å². The normalized spacial score (nSPS) is 17.2. The highest BCUT2D eigenvalue weighted by Gasteiger charge is 2.29. The molecule has 0 saturated carbocycles. The van der Waals surface area contributed by atoms with Crippen LogP contribution in [0.15, 0.2) is 72.1 Å². The first-order valence-corrected chi connectivity index (χ1v) is 9.18. The average molecular weight is 333 g/mol. The van der Waals surface area contributed by atoms with Gasteiger partial charge in [-0.15, -0.1) is 11.3 Å². The summed E-state index contributed by atoms with van der Waals surface area (Å²) in [5, 5.41) is 2.01. The van der Waals surface area contributed by atoms with Crippen LogP contribution in [0.25, 0.3) is 11.1 Å². The van der Waals surface area contributed by atoms with Crippen molar-refractivity contribution in [3.63, 3.8) is 0 Å². The minimum absolute atomic E-state index is 0.169. The first-order chi connectivity index (χ1) is 11.8. The summed E-state index contributed by atoms with van der Waals surface area (Å²) in [6.07, 6.45) is 1.04. The van der Waals surface area contributed by atoms with Gasteiger partial charge in [0, 0.05) is 24.6 Å². The molecule has 2 aromatic carbocycles. The van der Waals surface area contributed by atoms with Gasteiger partial charge in [-0.2, -0.15) is 0 Å². The molecule has 1 amide bonds. The molecule has 0 N–H and O–H groups in total. The number of likely N-dealkylation sites (tertiary alicyclic amines) is 1. The quantitative estimate of drug-likeness (QED) is 0.657. The predicted molar refractivity (Wildman–Crippen MR) is 99.5 cm³/mol. The highest BCUT2D eigenvalue weighted by Crippen LogP contribution is 2.33. The maximum absolute atomic E-state index is 13.0. The van der Waals surface area contributed by atoms with Crippen LogP contribution in [0.4, 0.5) is 0 Å². The summed E-state index contributed by atoms with van der Waals surface area (Å²) in [5.74, 6) is 0.623. The minimum atomic E-state index is 0.169. The Bertz CT molecular complexity index is 825. The Morgan fingerprint density at radius 3 is 2.42 bits per heavy atom. The molecule has 0 bridgehead atoms. The van der Waals surface area contributed by atoms with Gasteiger partial charge in [-0.25, -0.2) is 0 Å². The lowest BCUT2D eigenvalue weighted by Crippen LogP contribution is -2.28. The molecule has 2 heterocycles. The van der Waals surface area contributed by atoms with Crippen molar-refractivity contribution in [2.24, 2.45) is 0 Å². The molecule has 1 aliphatic rings. The van der Waals surface area contributed by atoms with Crippen LogP contribution in [-0.2, 0) is 0 Å². The third kappa shape index (κ3) is 2.87. The van der Waals surface area contributed by atoms with Gasteiger partial charge in [-0.05, 0) is 29.0 Å². The topological polar surface area (TPSA) is 20.3 Å². The molecule has 2 nitrogen and oxygen atoms in total. The van der Waals surface area contributed by atoms with Gasteiger partial charge in [0.2, 0.25) is 0 Å². The molecular formula is C21H19NOS. The highest BCUT2D eigenvalue weighted by molar-refractivity contribution is 7.12. The molecule has 0 aliphatic carbocycles. The maximum atomic E-state index is 13.0. The van der Waals surface area contributed by atoms with Crippen LogP contribution in [0.2, 0.25) is 0 Å². The second-order valence-electron chi connectivity index (χ2n) is 6.18. The molecule has 1 atom stereocenters. The van der Waals surface area contributed by atoms with Crippen LogP contribution in [0.3, 0.4) is 0 Å². The first kappa shape index (κ1) is 15.2. The molecule has 3 aromatic rings. The van der Waals surface area contributed by atoms with Crippen molar-refractivity contribution >= 4 is 17.2 Å². The van der Waals surface area contributed by atoms with E-state index in [0.29, 0.717) is 5.92 Å². The second kappa shape index (κ2) is 6.62. The summed E-state index contributed by atoms with van der Waals surface area (Å²) in [4.78, 5) is 15.9. The van der Waals surface area contributed by atoms with E-state index in [2.05, 4.69) is 42.5 Å². The van der Waals surface area contributed by atoms with Crippen LogP contribution in [0.5, 0.6) is 0 Å². The lowest BCUT2D eigenvalue weighted by molar-refractivity contribution is 0.0796. The molecule has 24 heavy (non-hydrogen) atoms. The first-order valence-electron chi connectivity index (χ1n) is 8.30. The van der Waals surface area contributed by atoms with Crippen molar-refractivity contribution in [3.8, 4) is 11.1 Å².